The van der Waals surface area contributed by atoms with Crippen molar-refractivity contribution in [3.8, 4) is 11.4 Å². The molecule has 0 aliphatic heterocycles. The zero-order valence-corrected chi connectivity index (χ0v) is 10.7. The maximum absolute atomic E-state index is 13.3. The van der Waals surface area contributed by atoms with Gasteiger partial charge in [0.25, 0.3) is 0 Å². The fourth-order valence-electron chi connectivity index (χ4n) is 2.46. The summed E-state index contributed by atoms with van der Waals surface area (Å²) in [6.07, 6.45) is 2.97. The van der Waals surface area contributed by atoms with Crippen LogP contribution in [0, 0.1) is 12.7 Å². The van der Waals surface area contributed by atoms with Crippen LogP contribution in [0.5, 0.6) is 0 Å². The summed E-state index contributed by atoms with van der Waals surface area (Å²) in [4.78, 5) is 9.01. The van der Waals surface area contributed by atoms with Gasteiger partial charge in [-0.25, -0.2) is 20.2 Å². The Morgan fingerprint density at radius 2 is 2.11 bits per heavy atom. The molecule has 0 saturated carbocycles. The Morgan fingerprint density at radius 3 is 2.84 bits per heavy atom. The van der Waals surface area contributed by atoms with Crippen molar-refractivity contribution in [3.63, 3.8) is 0 Å². The number of nitrogens with zero attached hydrogens (tertiary/aromatic N) is 2. The number of hydrogen-bond acceptors (Lipinski definition) is 4. The largest absolute Gasteiger partial charge is 0.308 e. The summed E-state index contributed by atoms with van der Waals surface area (Å²) in [5, 5.41) is 0. The van der Waals surface area contributed by atoms with E-state index in [2.05, 4.69) is 15.4 Å². The first-order chi connectivity index (χ1) is 9.19. The Kier molecular flexibility index (Phi) is 2.91. The third-order valence-corrected chi connectivity index (χ3v) is 3.49. The molecule has 1 aliphatic rings. The van der Waals surface area contributed by atoms with E-state index < -0.39 is 0 Å². The highest BCUT2D eigenvalue weighted by molar-refractivity contribution is 5.61. The topological polar surface area (TPSA) is 63.8 Å². The summed E-state index contributed by atoms with van der Waals surface area (Å²) in [5.41, 5.74) is 6.18. The van der Waals surface area contributed by atoms with Gasteiger partial charge in [0, 0.05) is 16.8 Å². The molecule has 1 aromatic heterocycles. The summed E-state index contributed by atoms with van der Waals surface area (Å²) < 4.78 is 13.3. The average molecular weight is 258 g/mol. The smallest absolute Gasteiger partial charge is 0.161 e. The first-order valence-electron chi connectivity index (χ1n) is 6.32. The van der Waals surface area contributed by atoms with Crippen LogP contribution in [0.1, 0.15) is 23.2 Å². The zero-order chi connectivity index (χ0) is 13.4. The van der Waals surface area contributed by atoms with E-state index >= 15 is 0 Å². The number of nitrogen functional groups attached to an aromatic ring is 1. The highest BCUT2D eigenvalue weighted by Gasteiger charge is 2.19. The van der Waals surface area contributed by atoms with Crippen LogP contribution >= 0.6 is 0 Å². The maximum Gasteiger partial charge on any atom is 0.161 e. The minimum atomic E-state index is -0.220. The average Bonchev–Trinajstić information content (AvgIpc) is 2.89. The summed E-state index contributed by atoms with van der Waals surface area (Å²) >= 11 is 0. The Bertz CT molecular complexity index is 640. The molecule has 1 aliphatic carbocycles. The normalized spacial score (nSPS) is 13.4. The number of halogens is 1. The number of rotatable bonds is 2. The van der Waals surface area contributed by atoms with E-state index in [1.54, 1.807) is 19.1 Å². The number of anilines is 1. The quantitative estimate of drug-likeness (QED) is 0.641. The lowest BCUT2D eigenvalue weighted by atomic mass is 10.1. The molecule has 1 aromatic carbocycles. The molecule has 1 heterocycles. The number of hydrazine groups is 1. The fraction of sp³-hybridized carbons (Fsp3) is 0.286. The SMILES string of the molecule is Cc1cc(-c2nc3c(c(NN)n2)CCC3)ccc1F. The van der Waals surface area contributed by atoms with Crippen molar-refractivity contribution < 1.29 is 4.39 Å². The lowest BCUT2D eigenvalue weighted by Gasteiger charge is -2.10. The first kappa shape index (κ1) is 12.0. The van der Waals surface area contributed by atoms with E-state index in [9.17, 15) is 4.39 Å². The van der Waals surface area contributed by atoms with Gasteiger partial charge in [-0.05, 0) is 49.9 Å². The number of aryl methyl sites for hydroxylation is 2. The Hall–Kier alpha value is -2.01. The highest BCUT2D eigenvalue weighted by Crippen LogP contribution is 2.29. The van der Waals surface area contributed by atoms with Gasteiger partial charge in [-0.2, -0.15) is 0 Å². The molecule has 0 saturated heterocycles. The van der Waals surface area contributed by atoms with Gasteiger partial charge in [-0.1, -0.05) is 0 Å². The van der Waals surface area contributed by atoms with E-state index in [-0.39, 0.29) is 5.82 Å². The van der Waals surface area contributed by atoms with Gasteiger partial charge < -0.3 is 5.43 Å². The van der Waals surface area contributed by atoms with Gasteiger partial charge in [-0.3, -0.25) is 0 Å². The number of nitrogens with two attached hydrogens (primary N) is 1. The molecule has 0 atom stereocenters. The molecule has 3 rings (SSSR count). The highest BCUT2D eigenvalue weighted by atomic mass is 19.1. The van der Waals surface area contributed by atoms with Crippen molar-refractivity contribution >= 4 is 5.82 Å². The van der Waals surface area contributed by atoms with Gasteiger partial charge in [0.1, 0.15) is 11.6 Å². The molecule has 0 radical (unpaired) electrons. The summed E-state index contributed by atoms with van der Waals surface area (Å²) in [7, 11) is 0. The number of benzene rings is 1. The van der Waals surface area contributed by atoms with E-state index in [0.717, 1.165) is 36.1 Å². The van der Waals surface area contributed by atoms with Crippen molar-refractivity contribution in [2.75, 3.05) is 5.43 Å². The zero-order valence-electron chi connectivity index (χ0n) is 10.7. The van der Waals surface area contributed by atoms with Crippen LogP contribution in [0.25, 0.3) is 11.4 Å². The first-order valence-corrected chi connectivity index (χ1v) is 6.32. The Morgan fingerprint density at radius 1 is 1.26 bits per heavy atom. The molecule has 4 nitrogen and oxygen atoms in total. The molecule has 0 bridgehead atoms. The van der Waals surface area contributed by atoms with Crippen molar-refractivity contribution in [2.45, 2.75) is 26.2 Å². The Balaban J connectivity index is 2.12. The second-order valence-corrected chi connectivity index (χ2v) is 4.78. The fourth-order valence-corrected chi connectivity index (χ4v) is 2.46. The summed E-state index contributed by atoms with van der Waals surface area (Å²) in [5.74, 6) is 6.58. The van der Waals surface area contributed by atoms with Gasteiger partial charge >= 0.3 is 0 Å². The second-order valence-electron chi connectivity index (χ2n) is 4.78. The van der Waals surface area contributed by atoms with E-state index in [4.69, 9.17) is 5.84 Å². The molecule has 3 N–H and O–H groups in total. The molecule has 5 heteroatoms. The standard InChI is InChI=1S/C14H15FN4/c1-8-7-9(5-6-11(8)15)13-17-12-4-2-3-10(12)14(18-13)19-16/h5-7H,2-4,16H2,1H3,(H,17,18,19). The number of aromatic nitrogens is 2. The molecule has 0 unspecified atom stereocenters. The lowest BCUT2D eigenvalue weighted by molar-refractivity contribution is 0.618. The van der Waals surface area contributed by atoms with Crippen LogP contribution in [0.2, 0.25) is 0 Å². The van der Waals surface area contributed by atoms with Crippen LogP contribution in [0.4, 0.5) is 10.2 Å². The van der Waals surface area contributed by atoms with Crippen LogP contribution in [-0.2, 0) is 12.8 Å². The van der Waals surface area contributed by atoms with Crippen LogP contribution < -0.4 is 11.3 Å². The summed E-state index contributed by atoms with van der Waals surface area (Å²) in [6.45, 7) is 1.73. The lowest BCUT2D eigenvalue weighted by Crippen LogP contribution is -2.12. The van der Waals surface area contributed by atoms with E-state index in [1.807, 2.05) is 0 Å². The van der Waals surface area contributed by atoms with Gasteiger partial charge in [0.05, 0.1) is 0 Å². The second kappa shape index (κ2) is 4.59. The van der Waals surface area contributed by atoms with E-state index in [1.165, 1.54) is 6.07 Å². The molecule has 0 amide bonds. The van der Waals surface area contributed by atoms with Gasteiger partial charge in [0.15, 0.2) is 5.82 Å². The van der Waals surface area contributed by atoms with Crippen molar-refractivity contribution in [1.82, 2.24) is 9.97 Å². The number of nitrogens with one attached hydrogen (secondary N) is 1. The molecule has 98 valence electrons. The Labute approximate surface area is 110 Å². The molecule has 2 aromatic rings. The van der Waals surface area contributed by atoms with Gasteiger partial charge in [-0.15, -0.1) is 0 Å². The third kappa shape index (κ3) is 2.06. The van der Waals surface area contributed by atoms with Crippen LogP contribution in [0.15, 0.2) is 18.2 Å². The van der Waals surface area contributed by atoms with Crippen LogP contribution in [0.3, 0.4) is 0 Å². The van der Waals surface area contributed by atoms with Gasteiger partial charge in [0.2, 0.25) is 0 Å². The van der Waals surface area contributed by atoms with Crippen LogP contribution in [-0.4, -0.2) is 9.97 Å². The molecule has 19 heavy (non-hydrogen) atoms. The third-order valence-electron chi connectivity index (χ3n) is 3.49. The molecule has 0 fully saturated rings. The molecular formula is C14H15FN4. The molecular weight excluding hydrogens is 243 g/mol. The minimum absolute atomic E-state index is 0.220. The van der Waals surface area contributed by atoms with E-state index in [0.29, 0.717) is 17.2 Å². The van der Waals surface area contributed by atoms with Crippen molar-refractivity contribution in [2.24, 2.45) is 5.84 Å². The predicted molar refractivity (Wildman–Crippen MR) is 72.0 cm³/mol. The predicted octanol–water partition coefficient (Wildman–Crippen LogP) is 2.37. The summed E-state index contributed by atoms with van der Waals surface area (Å²) in [6, 6.07) is 4.89. The monoisotopic (exact) mass is 258 g/mol. The number of hydrogen-bond donors (Lipinski definition) is 2. The van der Waals surface area contributed by atoms with Crippen molar-refractivity contribution in [1.29, 1.82) is 0 Å². The molecule has 0 spiro atoms. The maximum atomic E-state index is 13.3. The van der Waals surface area contributed by atoms with Crippen molar-refractivity contribution in [3.05, 3.63) is 40.8 Å². The number of fused-ring (bicyclic) bond motifs is 1. The minimum Gasteiger partial charge on any atom is -0.308 e.